The highest BCUT2D eigenvalue weighted by atomic mass is 32.2. The number of amides is 2. The van der Waals surface area contributed by atoms with Crippen molar-refractivity contribution in [2.75, 3.05) is 18.5 Å². The highest BCUT2D eigenvalue weighted by Crippen LogP contribution is 2.39. The molecule has 5 nitrogen and oxygen atoms in total. The summed E-state index contributed by atoms with van der Waals surface area (Å²) in [7, 11) is 0. The number of carbonyl (C=O) groups is 2. The second-order valence-corrected chi connectivity index (χ2v) is 8.12. The van der Waals surface area contributed by atoms with Gasteiger partial charge in [-0.2, -0.15) is 0 Å². The van der Waals surface area contributed by atoms with Crippen LogP contribution in [0.15, 0.2) is 52.3 Å². The average molecular weight is 394 g/mol. The van der Waals surface area contributed by atoms with Gasteiger partial charge in [0.25, 0.3) is 11.8 Å². The second-order valence-electron chi connectivity index (χ2n) is 7.03. The van der Waals surface area contributed by atoms with Gasteiger partial charge < -0.3 is 15.4 Å². The molecule has 2 aromatic carbocycles. The van der Waals surface area contributed by atoms with E-state index in [-0.39, 0.29) is 17.9 Å². The van der Waals surface area contributed by atoms with Crippen LogP contribution in [0.3, 0.4) is 0 Å². The van der Waals surface area contributed by atoms with Crippen LogP contribution in [0.25, 0.3) is 6.08 Å². The normalized spacial score (nSPS) is 20.0. The average Bonchev–Trinajstić information content (AvgIpc) is 3.21. The van der Waals surface area contributed by atoms with Crippen molar-refractivity contribution >= 4 is 35.3 Å². The number of aryl methyl sites for hydroxylation is 1. The molecule has 0 spiro atoms. The Hall–Kier alpha value is -2.57. The van der Waals surface area contributed by atoms with Gasteiger partial charge in [-0.05, 0) is 49.6 Å². The number of nitrogens with one attached hydrogen (secondary N) is 2. The zero-order chi connectivity index (χ0) is 19.5. The lowest BCUT2D eigenvalue weighted by Gasteiger charge is -2.19. The molecule has 0 aromatic heterocycles. The third-order valence-electron chi connectivity index (χ3n) is 4.82. The lowest BCUT2D eigenvalue weighted by molar-refractivity contribution is -0.112. The summed E-state index contributed by atoms with van der Waals surface area (Å²) >= 11 is 1.42. The highest BCUT2D eigenvalue weighted by molar-refractivity contribution is 8.04. The zero-order valence-corrected chi connectivity index (χ0v) is 16.5. The van der Waals surface area contributed by atoms with Gasteiger partial charge >= 0.3 is 0 Å². The highest BCUT2D eigenvalue weighted by Gasteiger charge is 2.23. The summed E-state index contributed by atoms with van der Waals surface area (Å²) in [5.74, 6) is -0.312. The molecule has 2 N–H and O–H groups in total. The molecule has 1 saturated heterocycles. The van der Waals surface area contributed by atoms with Crippen molar-refractivity contribution in [3.05, 3.63) is 64.1 Å². The van der Waals surface area contributed by atoms with Gasteiger partial charge in [-0.1, -0.05) is 41.6 Å². The van der Waals surface area contributed by atoms with E-state index < -0.39 is 0 Å². The van der Waals surface area contributed by atoms with Gasteiger partial charge in [0.2, 0.25) is 0 Å². The van der Waals surface area contributed by atoms with Gasteiger partial charge in [0, 0.05) is 23.6 Å². The van der Waals surface area contributed by atoms with E-state index in [1.54, 1.807) is 12.1 Å². The Morgan fingerprint density at radius 2 is 2.11 bits per heavy atom. The maximum atomic E-state index is 12.5. The summed E-state index contributed by atoms with van der Waals surface area (Å²) in [5.41, 5.74) is 3.36. The summed E-state index contributed by atoms with van der Waals surface area (Å²) in [4.78, 5) is 26.5. The van der Waals surface area contributed by atoms with Crippen molar-refractivity contribution in [2.24, 2.45) is 0 Å². The van der Waals surface area contributed by atoms with E-state index >= 15 is 0 Å². The minimum Gasteiger partial charge on any atom is -0.376 e. The molecule has 0 saturated carbocycles. The molecule has 28 heavy (non-hydrogen) atoms. The van der Waals surface area contributed by atoms with E-state index in [1.807, 2.05) is 43.3 Å². The quantitative estimate of drug-likeness (QED) is 0.770. The maximum absolute atomic E-state index is 12.5. The molecule has 2 aliphatic rings. The van der Waals surface area contributed by atoms with Crippen LogP contribution in [-0.2, 0) is 9.53 Å². The van der Waals surface area contributed by atoms with Gasteiger partial charge in [0.1, 0.15) is 0 Å². The predicted octanol–water partition coefficient (Wildman–Crippen LogP) is 3.99. The van der Waals surface area contributed by atoms with Crippen molar-refractivity contribution < 1.29 is 14.3 Å². The third kappa shape index (κ3) is 4.29. The molecule has 0 aliphatic carbocycles. The summed E-state index contributed by atoms with van der Waals surface area (Å²) in [6.45, 7) is 3.31. The van der Waals surface area contributed by atoms with Gasteiger partial charge in [0.15, 0.2) is 0 Å². The number of fused-ring (bicyclic) bond motifs is 1. The Balaban J connectivity index is 1.47. The zero-order valence-electron chi connectivity index (χ0n) is 15.7. The van der Waals surface area contributed by atoms with E-state index in [1.165, 1.54) is 17.3 Å². The topological polar surface area (TPSA) is 67.4 Å². The number of carbonyl (C=O) groups excluding carboxylic acids is 2. The number of benzene rings is 2. The van der Waals surface area contributed by atoms with Gasteiger partial charge in [-0.3, -0.25) is 9.59 Å². The molecular formula is C22H22N2O3S. The summed E-state index contributed by atoms with van der Waals surface area (Å²) < 4.78 is 5.53. The predicted molar refractivity (Wildman–Crippen MR) is 111 cm³/mol. The smallest absolute Gasteiger partial charge is 0.262 e. The second kappa shape index (κ2) is 8.20. The fourth-order valence-electron chi connectivity index (χ4n) is 3.23. The molecule has 1 atom stereocenters. The SMILES string of the molecule is Cc1ccc(/C=C2/Sc3ccc(C(=O)NCC4CCCO4)cc3NC2=O)cc1. The van der Waals surface area contributed by atoms with Crippen molar-refractivity contribution in [3.8, 4) is 0 Å². The van der Waals surface area contributed by atoms with Crippen LogP contribution in [0.2, 0.25) is 0 Å². The van der Waals surface area contributed by atoms with Crippen LogP contribution in [0.5, 0.6) is 0 Å². The number of rotatable bonds is 4. The molecule has 1 fully saturated rings. The molecule has 0 radical (unpaired) electrons. The van der Waals surface area contributed by atoms with Crippen molar-refractivity contribution in [2.45, 2.75) is 30.8 Å². The van der Waals surface area contributed by atoms with Crippen LogP contribution in [0, 0.1) is 6.92 Å². The Kier molecular flexibility index (Phi) is 5.50. The minimum atomic E-state index is -0.157. The first kappa shape index (κ1) is 18.8. The Bertz CT molecular complexity index is 931. The molecule has 144 valence electrons. The first-order valence-electron chi connectivity index (χ1n) is 9.40. The van der Waals surface area contributed by atoms with E-state index in [9.17, 15) is 9.59 Å². The van der Waals surface area contributed by atoms with Crippen molar-refractivity contribution in [1.82, 2.24) is 5.32 Å². The standard InChI is InChI=1S/C22H22N2O3S/c1-14-4-6-15(7-5-14)11-20-22(26)24-18-12-16(8-9-19(18)28-20)21(25)23-13-17-3-2-10-27-17/h4-9,11-12,17H,2-3,10,13H2,1H3,(H,23,25)(H,24,26)/b20-11+. The summed E-state index contributed by atoms with van der Waals surface area (Å²) in [6.07, 6.45) is 4.00. The lowest BCUT2D eigenvalue weighted by Crippen LogP contribution is -2.31. The number of anilines is 1. The lowest BCUT2D eigenvalue weighted by atomic mass is 10.1. The van der Waals surface area contributed by atoms with Crippen LogP contribution in [0.4, 0.5) is 5.69 Å². The largest absolute Gasteiger partial charge is 0.376 e. The van der Waals surface area contributed by atoms with Gasteiger partial charge in [-0.15, -0.1) is 0 Å². The molecule has 2 heterocycles. The maximum Gasteiger partial charge on any atom is 0.262 e. The molecule has 2 aliphatic heterocycles. The molecule has 0 bridgehead atoms. The van der Waals surface area contributed by atoms with E-state index in [2.05, 4.69) is 10.6 Å². The van der Waals surface area contributed by atoms with Gasteiger partial charge in [-0.25, -0.2) is 0 Å². The van der Waals surface area contributed by atoms with Crippen LogP contribution < -0.4 is 10.6 Å². The first-order valence-corrected chi connectivity index (χ1v) is 10.2. The van der Waals surface area contributed by atoms with E-state index in [0.29, 0.717) is 22.7 Å². The fourth-order valence-corrected chi connectivity index (χ4v) is 4.16. The van der Waals surface area contributed by atoms with E-state index in [0.717, 1.165) is 29.9 Å². The van der Waals surface area contributed by atoms with Crippen LogP contribution >= 0.6 is 11.8 Å². The summed E-state index contributed by atoms with van der Waals surface area (Å²) in [6, 6.07) is 13.4. The number of thioether (sulfide) groups is 1. The fraction of sp³-hybridized carbons (Fsp3) is 0.273. The minimum absolute atomic E-state index is 0.103. The molecule has 6 heteroatoms. The van der Waals surface area contributed by atoms with Gasteiger partial charge in [0.05, 0.1) is 16.7 Å². The van der Waals surface area contributed by atoms with Crippen LogP contribution in [0.1, 0.15) is 34.3 Å². The number of hydrogen-bond donors (Lipinski definition) is 2. The summed E-state index contributed by atoms with van der Waals surface area (Å²) in [5, 5.41) is 5.81. The first-order chi connectivity index (χ1) is 13.6. The molecular weight excluding hydrogens is 372 g/mol. The molecule has 1 unspecified atom stereocenters. The molecule has 2 amide bonds. The number of ether oxygens (including phenoxy) is 1. The Labute approximate surface area is 168 Å². The third-order valence-corrected chi connectivity index (χ3v) is 5.92. The van der Waals surface area contributed by atoms with Crippen molar-refractivity contribution in [3.63, 3.8) is 0 Å². The Morgan fingerprint density at radius 1 is 1.29 bits per heavy atom. The Morgan fingerprint density at radius 3 is 2.86 bits per heavy atom. The molecule has 4 rings (SSSR count). The van der Waals surface area contributed by atoms with Crippen LogP contribution in [-0.4, -0.2) is 31.1 Å². The molecule has 2 aromatic rings. The van der Waals surface area contributed by atoms with E-state index in [4.69, 9.17) is 4.74 Å². The van der Waals surface area contributed by atoms with Crippen molar-refractivity contribution in [1.29, 1.82) is 0 Å². The number of hydrogen-bond acceptors (Lipinski definition) is 4. The monoisotopic (exact) mass is 394 g/mol.